The first kappa shape index (κ1) is 21.0. The molecular weight excluding hydrogens is 430 g/mol. The molecule has 0 radical (unpaired) electrons. The minimum Gasteiger partial charge on any atom is -0.332 e. The van der Waals surface area contributed by atoms with Crippen LogP contribution in [-0.2, 0) is 10.0 Å². The predicted molar refractivity (Wildman–Crippen MR) is 120 cm³/mol. The van der Waals surface area contributed by atoms with Crippen LogP contribution in [0.5, 0.6) is 0 Å². The first-order valence-electron chi connectivity index (χ1n) is 8.51. The Balaban J connectivity index is 1.67. The van der Waals surface area contributed by atoms with Crippen LogP contribution >= 0.6 is 23.8 Å². The molecule has 0 unspecified atom stereocenters. The monoisotopic (exact) mass is 447 g/mol. The maximum atomic E-state index is 12.5. The molecule has 29 heavy (non-hydrogen) atoms. The summed E-state index contributed by atoms with van der Waals surface area (Å²) >= 11 is 11.0. The number of aryl methyl sites for hydroxylation is 1. The van der Waals surface area contributed by atoms with Crippen LogP contribution < -0.4 is 15.4 Å². The molecule has 3 aromatic rings. The predicted octanol–water partition coefficient (Wildman–Crippen LogP) is 4.36. The van der Waals surface area contributed by atoms with Crippen molar-refractivity contribution in [3.05, 3.63) is 70.9 Å². The molecule has 0 fully saturated rings. The van der Waals surface area contributed by atoms with Crippen molar-refractivity contribution in [1.29, 1.82) is 0 Å². The van der Waals surface area contributed by atoms with Gasteiger partial charge in [-0.2, -0.15) is 0 Å². The van der Waals surface area contributed by atoms with Crippen molar-refractivity contribution in [1.82, 2.24) is 10.2 Å². The van der Waals surface area contributed by atoms with Crippen LogP contribution in [-0.4, -0.2) is 23.7 Å². The van der Waals surface area contributed by atoms with E-state index in [4.69, 9.17) is 23.8 Å². The second kappa shape index (κ2) is 8.73. The van der Waals surface area contributed by atoms with Crippen LogP contribution in [0.3, 0.4) is 0 Å². The Kier molecular flexibility index (Phi) is 6.31. The molecule has 1 heterocycles. The van der Waals surface area contributed by atoms with Gasteiger partial charge in [-0.05, 0) is 79.7 Å². The number of aromatic nitrogens is 2. The van der Waals surface area contributed by atoms with E-state index in [1.807, 2.05) is 32.0 Å². The first-order chi connectivity index (χ1) is 13.7. The lowest BCUT2D eigenvalue weighted by Crippen LogP contribution is -2.20. The van der Waals surface area contributed by atoms with E-state index in [2.05, 4.69) is 25.6 Å². The normalized spacial score (nSPS) is 11.0. The molecule has 0 aliphatic heterocycles. The first-order valence-corrected chi connectivity index (χ1v) is 10.8. The van der Waals surface area contributed by atoms with Crippen molar-refractivity contribution < 1.29 is 8.42 Å². The summed E-state index contributed by atoms with van der Waals surface area (Å²) < 4.78 is 27.3. The highest BCUT2D eigenvalue weighted by atomic mass is 35.5. The largest absolute Gasteiger partial charge is 0.332 e. The Labute approximate surface area is 179 Å². The summed E-state index contributed by atoms with van der Waals surface area (Å²) in [5, 5.41) is 14.1. The minimum atomic E-state index is -3.80. The third-order valence-electron chi connectivity index (χ3n) is 4.15. The van der Waals surface area contributed by atoms with Crippen LogP contribution in [0.4, 0.5) is 17.2 Å². The van der Waals surface area contributed by atoms with E-state index in [9.17, 15) is 8.42 Å². The molecule has 0 aliphatic carbocycles. The molecule has 1 aromatic heterocycles. The summed E-state index contributed by atoms with van der Waals surface area (Å²) in [6.07, 6.45) is 0. The number of hydrogen-bond acceptors (Lipinski definition) is 5. The standard InChI is InChI=1S/C19H18ClN5O2S2/c1-12-4-3-5-16(13(12)2)22-19(28)21-14-6-8-15(9-7-14)29(26,27)25-18-11-10-17(20)23-24-18/h3-11H,1-2H3,(H,24,25)(H2,21,22,28). The van der Waals surface area contributed by atoms with E-state index >= 15 is 0 Å². The lowest BCUT2D eigenvalue weighted by molar-refractivity contribution is 0.601. The average Bonchev–Trinajstić information content (AvgIpc) is 2.67. The molecule has 0 saturated carbocycles. The number of benzene rings is 2. The maximum Gasteiger partial charge on any atom is 0.263 e. The topological polar surface area (TPSA) is 96.0 Å². The number of nitrogens with one attached hydrogen (secondary N) is 3. The molecule has 0 saturated heterocycles. The van der Waals surface area contributed by atoms with Crippen molar-refractivity contribution in [2.45, 2.75) is 18.7 Å². The lowest BCUT2D eigenvalue weighted by Gasteiger charge is -2.14. The second-order valence-corrected chi connectivity index (χ2v) is 8.68. The third-order valence-corrected chi connectivity index (χ3v) is 5.92. The summed E-state index contributed by atoms with van der Waals surface area (Å²) in [6.45, 7) is 4.04. The van der Waals surface area contributed by atoms with Crippen LogP contribution in [0.25, 0.3) is 0 Å². The molecule has 0 amide bonds. The van der Waals surface area contributed by atoms with E-state index < -0.39 is 10.0 Å². The molecule has 0 bridgehead atoms. The highest BCUT2D eigenvalue weighted by molar-refractivity contribution is 7.92. The molecule has 3 rings (SSSR count). The van der Waals surface area contributed by atoms with E-state index in [1.165, 1.54) is 24.3 Å². The molecule has 0 spiro atoms. The summed E-state index contributed by atoms with van der Waals surface area (Å²) in [5.41, 5.74) is 3.83. The molecule has 7 nitrogen and oxygen atoms in total. The number of rotatable bonds is 5. The second-order valence-electron chi connectivity index (χ2n) is 6.20. The number of anilines is 3. The molecule has 2 aromatic carbocycles. The van der Waals surface area contributed by atoms with Crippen LogP contribution in [0.1, 0.15) is 11.1 Å². The number of thiocarbonyl (C=S) groups is 1. The van der Waals surface area contributed by atoms with Crippen LogP contribution in [0.15, 0.2) is 59.5 Å². The van der Waals surface area contributed by atoms with E-state index in [-0.39, 0.29) is 15.9 Å². The zero-order chi connectivity index (χ0) is 21.0. The Morgan fingerprint density at radius 1 is 0.966 bits per heavy atom. The third kappa shape index (κ3) is 5.41. The number of nitrogens with zero attached hydrogens (tertiary/aromatic N) is 2. The van der Waals surface area contributed by atoms with E-state index in [0.29, 0.717) is 10.8 Å². The van der Waals surface area contributed by atoms with Crippen molar-refractivity contribution in [2.75, 3.05) is 15.4 Å². The molecule has 0 aliphatic rings. The van der Waals surface area contributed by atoms with Gasteiger partial charge in [0.2, 0.25) is 0 Å². The van der Waals surface area contributed by atoms with E-state index in [1.54, 1.807) is 12.1 Å². The van der Waals surface area contributed by atoms with Gasteiger partial charge >= 0.3 is 0 Å². The van der Waals surface area contributed by atoms with Crippen molar-refractivity contribution in [3.8, 4) is 0 Å². The average molecular weight is 448 g/mol. The lowest BCUT2D eigenvalue weighted by atomic mass is 10.1. The SMILES string of the molecule is Cc1cccc(NC(=S)Nc2ccc(S(=O)(=O)Nc3ccc(Cl)nn3)cc2)c1C. The van der Waals surface area contributed by atoms with Gasteiger partial charge in [-0.1, -0.05) is 23.7 Å². The minimum absolute atomic E-state index is 0.0770. The van der Waals surface area contributed by atoms with Gasteiger partial charge in [0.1, 0.15) is 0 Å². The Hall–Kier alpha value is -2.75. The van der Waals surface area contributed by atoms with Gasteiger partial charge in [0.15, 0.2) is 16.1 Å². The molecule has 3 N–H and O–H groups in total. The molecule has 10 heteroatoms. The van der Waals surface area contributed by atoms with Gasteiger partial charge in [0.25, 0.3) is 10.0 Å². The van der Waals surface area contributed by atoms with Crippen molar-refractivity contribution >= 4 is 56.1 Å². The fourth-order valence-corrected chi connectivity index (χ4v) is 3.78. The highest BCUT2D eigenvalue weighted by Crippen LogP contribution is 2.20. The van der Waals surface area contributed by atoms with Gasteiger partial charge in [0.05, 0.1) is 4.90 Å². The quantitative estimate of drug-likeness (QED) is 0.500. The Morgan fingerprint density at radius 3 is 2.34 bits per heavy atom. The van der Waals surface area contributed by atoms with Crippen molar-refractivity contribution in [2.24, 2.45) is 0 Å². The van der Waals surface area contributed by atoms with E-state index in [0.717, 1.165) is 16.8 Å². The fraction of sp³-hybridized carbons (Fsp3) is 0.105. The number of sulfonamides is 1. The van der Waals surface area contributed by atoms with Crippen LogP contribution in [0, 0.1) is 13.8 Å². The summed E-state index contributed by atoms with van der Waals surface area (Å²) in [7, 11) is -3.80. The smallest absolute Gasteiger partial charge is 0.263 e. The number of hydrogen-bond donors (Lipinski definition) is 3. The molecule has 150 valence electrons. The fourth-order valence-electron chi connectivity index (χ4n) is 2.46. The van der Waals surface area contributed by atoms with Gasteiger partial charge in [-0.15, -0.1) is 10.2 Å². The zero-order valence-electron chi connectivity index (χ0n) is 15.6. The van der Waals surface area contributed by atoms with Gasteiger partial charge in [-0.25, -0.2) is 8.42 Å². The summed E-state index contributed by atoms with van der Waals surface area (Å²) in [4.78, 5) is 0.0770. The van der Waals surface area contributed by atoms with Gasteiger partial charge in [-0.3, -0.25) is 4.72 Å². The highest BCUT2D eigenvalue weighted by Gasteiger charge is 2.15. The summed E-state index contributed by atoms with van der Waals surface area (Å²) in [6, 6.07) is 15.0. The molecule has 0 atom stereocenters. The Morgan fingerprint density at radius 2 is 1.69 bits per heavy atom. The van der Waals surface area contributed by atoms with Crippen molar-refractivity contribution in [3.63, 3.8) is 0 Å². The maximum absolute atomic E-state index is 12.5. The van der Waals surface area contributed by atoms with Gasteiger partial charge < -0.3 is 10.6 Å². The Bertz CT molecular complexity index is 1130. The zero-order valence-corrected chi connectivity index (χ0v) is 18.0. The summed E-state index contributed by atoms with van der Waals surface area (Å²) in [5.74, 6) is 0.0792. The molecular formula is C19H18ClN5O2S2. The number of halogens is 1. The van der Waals surface area contributed by atoms with Crippen LogP contribution in [0.2, 0.25) is 5.15 Å². The van der Waals surface area contributed by atoms with Gasteiger partial charge in [0, 0.05) is 11.4 Å².